The third-order valence-electron chi connectivity index (χ3n) is 6.82. The molecule has 0 radical (unpaired) electrons. The topological polar surface area (TPSA) is 141 Å². The fourth-order valence-corrected chi connectivity index (χ4v) is 4.60. The summed E-state index contributed by atoms with van der Waals surface area (Å²) in [5, 5.41) is 35.9. The Morgan fingerprint density at radius 3 is 2.13 bits per heavy atom. The number of hydrogen-bond acceptors (Lipinski definition) is 7. The minimum atomic E-state index is -5.08. The molecule has 9 nitrogen and oxygen atoms in total. The molecule has 0 aliphatic carbocycles. The molecule has 0 amide bonds. The molecule has 240 valence electrons. The van der Waals surface area contributed by atoms with Crippen molar-refractivity contribution < 1.29 is 37.7 Å². The maximum absolute atomic E-state index is 10.6. The van der Waals surface area contributed by atoms with Crippen LogP contribution in [0, 0.1) is 11.3 Å². The number of rotatable bonds is 6. The summed E-state index contributed by atoms with van der Waals surface area (Å²) in [4.78, 5) is 13.8. The number of carbonyl (C=O) groups is 1. The molecule has 6 rings (SSSR count). The third kappa shape index (κ3) is 8.76. The van der Waals surface area contributed by atoms with Crippen LogP contribution in [-0.4, -0.2) is 51.8 Å². The quantitative estimate of drug-likeness (QED) is 0.170. The van der Waals surface area contributed by atoms with Crippen LogP contribution in [-0.2, 0) is 17.6 Å². The number of nitriles is 1. The lowest BCUT2D eigenvalue weighted by atomic mass is 9.99. The number of hydrogen-bond donors (Lipinski definition) is 3. The van der Waals surface area contributed by atoms with Crippen LogP contribution >= 0.6 is 0 Å². The molecule has 12 heteroatoms. The zero-order valence-corrected chi connectivity index (χ0v) is 25.2. The molecule has 3 N–H and O–H groups in total. The third-order valence-corrected chi connectivity index (χ3v) is 6.82. The SMILES string of the molecule is COc1ccc2c(-c3ccc(O)cc3)nc3n[nH]c(Cc4ccccc4)c3c2c1.COc1cccc(CC#N)c1.O=C(O)C(F)(F)F. The summed E-state index contributed by atoms with van der Waals surface area (Å²) in [5.74, 6) is -0.940. The highest BCUT2D eigenvalue weighted by atomic mass is 19.4. The van der Waals surface area contributed by atoms with Crippen molar-refractivity contribution in [1.29, 1.82) is 5.26 Å². The number of aromatic nitrogens is 3. The number of halogens is 3. The minimum absolute atomic E-state index is 0.228. The molecule has 0 fully saturated rings. The fourth-order valence-electron chi connectivity index (χ4n) is 4.60. The number of nitrogens with one attached hydrogen (secondary N) is 1. The van der Waals surface area contributed by atoms with Crippen molar-refractivity contribution in [3.05, 3.63) is 114 Å². The normalized spacial score (nSPS) is 10.6. The molecule has 0 saturated carbocycles. The highest BCUT2D eigenvalue weighted by Crippen LogP contribution is 2.36. The van der Waals surface area contributed by atoms with Gasteiger partial charge in [0.15, 0.2) is 5.65 Å². The lowest BCUT2D eigenvalue weighted by Gasteiger charge is -2.10. The number of ether oxygens (including phenoxy) is 2. The first-order valence-corrected chi connectivity index (χ1v) is 14.0. The number of carboxylic acid groups (broad SMARTS) is 1. The van der Waals surface area contributed by atoms with Crippen LogP contribution in [0.4, 0.5) is 13.2 Å². The van der Waals surface area contributed by atoms with Crippen LogP contribution in [0.1, 0.15) is 16.8 Å². The first kappa shape index (κ1) is 33.8. The van der Waals surface area contributed by atoms with Crippen molar-refractivity contribution in [3.63, 3.8) is 0 Å². The van der Waals surface area contributed by atoms with E-state index >= 15 is 0 Å². The number of H-pyrrole nitrogens is 1. The van der Waals surface area contributed by atoms with Gasteiger partial charge in [0, 0.05) is 28.5 Å². The van der Waals surface area contributed by atoms with Gasteiger partial charge in [0.25, 0.3) is 0 Å². The zero-order chi connectivity index (χ0) is 34.0. The molecule has 4 aromatic carbocycles. The monoisotopic (exact) mass is 642 g/mol. The summed E-state index contributed by atoms with van der Waals surface area (Å²) in [7, 11) is 3.28. The number of benzene rings is 4. The van der Waals surface area contributed by atoms with E-state index in [-0.39, 0.29) is 5.75 Å². The Balaban J connectivity index is 0.000000229. The summed E-state index contributed by atoms with van der Waals surface area (Å²) in [5.41, 5.74) is 5.64. The summed E-state index contributed by atoms with van der Waals surface area (Å²) < 4.78 is 42.2. The lowest BCUT2D eigenvalue weighted by Crippen LogP contribution is -2.21. The van der Waals surface area contributed by atoms with Crippen molar-refractivity contribution >= 4 is 27.8 Å². The molecule has 0 bridgehead atoms. The second-order valence-corrected chi connectivity index (χ2v) is 9.97. The Morgan fingerprint density at radius 1 is 0.872 bits per heavy atom. The number of phenolic OH excluding ortho intramolecular Hbond substituents is 1. The molecule has 0 saturated heterocycles. The van der Waals surface area contributed by atoms with Crippen molar-refractivity contribution in [2.75, 3.05) is 14.2 Å². The minimum Gasteiger partial charge on any atom is -0.508 e. The van der Waals surface area contributed by atoms with Gasteiger partial charge in [-0.15, -0.1) is 0 Å². The van der Waals surface area contributed by atoms with E-state index in [9.17, 15) is 18.3 Å². The molecule has 0 atom stereocenters. The van der Waals surface area contributed by atoms with E-state index in [1.165, 1.54) is 5.56 Å². The van der Waals surface area contributed by atoms with E-state index in [1.54, 1.807) is 26.4 Å². The molecule has 0 unspecified atom stereocenters. The first-order valence-electron chi connectivity index (χ1n) is 14.0. The van der Waals surface area contributed by atoms with Crippen LogP contribution in [0.5, 0.6) is 17.2 Å². The molecule has 0 aliphatic rings. The highest BCUT2D eigenvalue weighted by molar-refractivity contribution is 6.11. The number of alkyl halides is 3. The van der Waals surface area contributed by atoms with Crippen molar-refractivity contribution in [3.8, 4) is 34.6 Å². The molecular weight excluding hydrogens is 613 g/mol. The van der Waals surface area contributed by atoms with Crippen LogP contribution in [0.25, 0.3) is 33.1 Å². The number of fused-ring (bicyclic) bond motifs is 3. The number of phenols is 1. The number of aromatic hydroxyl groups is 1. The second-order valence-electron chi connectivity index (χ2n) is 9.97. The largest absolute Gasteiger partial charge is 0.508 e. The van der Waals surface area contributed by atoms with Gasteiger partial charge in [-0.2, -0.15) is 23.5 Å². The molecule has 6 aromatic rings. The molecule has 47 heavy (non-hydrogen) atoms. The van der Waals surface area contributed by atoms with Crippen molar-refractivity contribution in [1.82, 2.24) is 15.2 Å². The number of aliphatic carboxylic acids is 1. The number of pyridine rings is 1. The van der Waals surface area contributed by atoms with Crippen LogP contribution in [0.2, 0.25) is 0 Å². The average molecular weight is 643 g/mol. The van der Waals surface area contributed by atoms with Crippen LogP contribution < -0.4 is 9.47 Å². The maximum Gasteiger partial charge on any atom is 0.490 e. The summed E-state index contributed by atoms with van der Waals surface area (Å²) in [6.45, 7) is 0. The van der Waals surface area contributed by atoms with Gasteiger partial charge in [-0.05, 0) is 65.7 Å². The molecule has 0 spiro atoms. The number of methoxy groups -OCH3 is 2. The highest BCUT2D eigenvalue weighted by Gasteiger charge is 2.38. The summed E-state index contributed by atoms with van der Waals surface area (Å²) >= 11 is 0. The van der Waals surface area contributed by atoms with E-state index in [0.717, 1.165) is 56.6 Å². The maximum atomic E-state index is 10.6. The number of aromatic amines is 1. The molecule has 0 aliphatic heterocycles. The van der Waals surface area contributed by atoms with Crippen LogP contribution in [0.15, 0.2) is 97.1 Å². The smallest absolute Gasteiger partial charge is 0.490 e. The Bertz CT molecular complexity index is 2010. The fraction of sp³-hybridized carbons (Fsp3) is 0.143. The van der Waals surface area contributed by atoms with Gasteiger partial charge in [-0.3, -0.25) is 5.10 Å². The van der Waals surface area contributed by atoms with Crippen molar-refractivity contribution in [2.24, 2.45) is 0 Å². The predicted octanol–water partition coefficient (Wildman–Crippen LogP) is 7.48. The van der Waals surface area contributed by atoms with Gasteiger partial charge in [-0.25, -0.2) is 9.78 Å². The van der Waals surface area contributed by atoms with Gasteiger partial charge < -0.3 is 19.7 Å². The van der Waals surface area contributed by atoms with Gasteiger partial charge in [0.05, 0.1) is 37.8 Å². The Kier molecular flexibility index (Phi) is 11.0. The van der Waals surface area contributed by atoms with Gasteiger partial charge in [-0.1, -0.05) is 42.5 Å². The molecular formula is C35H29F3N4O5. The Hall–Kier alpha value is -6.09. The summed E-state index contributed by atoms with van der Waals surface area (Å²) in [6.07, 6.45) is -3.90. The van der Waals surface area contributed by atoms with Crippen molar-refractivity contribution in [2.45, 2.75) is 19.0 Å². The summed E-state index contributed by atoms with van der Waals surface area (Å²) in [6, 6.07) is 33.0. The average Bonchev–Trinajstić information content (AvgIpc) is 3.48. The standard InChI is InChI=1S/C24H19N3O2.C9H9NO.C2HF3O2/c1-29-18-11-12-19-20(14-18)22-21(13-15-5-3-2-4-6-15)26-27-24(22)25-23(19)16-7-9-17(28)10-8-16;1-11-9-4-2-3-8(7-9)5-6-10;3-2(4,5)1(6)7/h2-12,14,28H,13H2,1H3,(H,25,26,27);2-4,7H,5H2,1H3;(H,6,7). The predicted molar refractivity (Wildman–Crippen MR) is 170 cm³/mol. The zero-order valence-electron chi connectivity index (χ0n) is 25.2. The van der Waals surface area contributed by atoms with E-state index in [4.69, 9.17) is 29.6 Å². The molecule has 2 heterocycles. The van der Waals surface area contributed by atoms with E-state index in [1.807, 2.05) is 72.8 Å². The number of nitrogens with zero attached hydrogens (tertiary/aromatic N) is 3. The lowest BCUT2D eigenvalue weighted by molar-refractivity contribution is -0.192. The first-order chi connectivity index (χ1) is 22.5. The molecule has 2 aromatic heterocycles. The Morgan fingerprint density at radius 2 is 1.51 bits per heavy atom. The van der Waals surface area contributed by atoms with Crippen LogP contribution in [0.3, 0.4) is 0 Å². The van der Waals surface area contributed by atoms with E-state index in [0.29, 0.717) is 12.1 Å². The van der Waals surface area contributed by atoms with E-state index < -0.39 is 12.1 Å². The van der Waals surface area contributed by atoms with Gasteiger partial charge in [0.2, 0.25) is 0 Å². The Labute approximate surface area is 267 Å². The number of carboxylic acids is 1. The van der Waals surface area contributed by atoms with Gasteiger partial charge in [0.1, 0.15) is 17.2 Å². The second kappa shape index (κ2) is 15.3. The van der Waals surface area contributed by atoms with Gasteiger partial charge >= 0.3 is 12.1 Å². The van der Waals surface area contributed by atoms with E-state index in [2.05, 4.69) is 28.4 Å².